The summed E-state index contributed by atoms with van der Waals surface area (Å²) >= 11 is 0. The van der Waals surface area contributed by atoms with Crippen LogP contribution in [0.4, 0.5) is 14.6 Å². The number of halogens is 2. The van der Waals surface area contributed by atoms with Crippen LogP contribution in [0.5, 0.6) is 5.75 Å². The Kier molecular flexibility index (Phi) is 10.5. The van der Waals surface area contributed by atoms with Crippen molar-refractivity contribution < 1.29 is 28.2 Å². The van der Waals surface area contributed by atoms with E-state index >= 15 is 0 Å². The standard InChI is InChI=1S/C29H33F2N5O3.C2H4O2/c1-33-14-15-35(13-3-4-26(33)19-5-8-21(37)9-6-19)29(39)24-18-36(27-11-12-28(38)34(2)32-27)17-23(24)22-10-7-20(30)16-25(22)31;1-4-2-3/h5-12,16,23-24,26,37H,3-4,13-15,17-18H2,1-2H3;2H,1H3/t23-,24+,26?;/m0./s1. The van der Waals surface area contributed by atoms with Crippen molar-refractivity contribution in [2.75, 3.05) is 51.8 Å². The lowest BCUT2D eigenvalue weighted by Gasteiger charge is -2.36. The van der Waals surface area contributed by atoms with Crippen LogP contribution in [0.2, 0.25) is 0 Å². The molecule has 0 saturated carbocycles. The molecule has 5 rings (SSSR count). The number of hydrogen-bond donors (Lipinski definition) is 1. The first-order chi connectivity index (χ1) is 20.6. The Morgan fingerprint density at radius 2 is 1.74 bits per heavy atom. The number of amides is 1. The zero-order valence-electron chi connectivity index (χ0n) is 24.5. The van der Waals surface area contributed by atoms with Crippen molar-refractivity contribution in [3.63, 3.8) is 0 Å². The van der Waals surface area contributed by atoms with Crippen LogP contribution < -0.4 is 10.5 Å². The Morgan fingerprint density at radius 1 is 1.02 bits per heavy atom. The highest BCUT2D eigenvalue weighted by molar-refractivity contribution is 5.81. The number of phenols is 1. The number of aromatic nitrogens is 2. The van der Waals surface area contributed by atoms with Gasteiger partial charge in [-0.2, -0.15) is 5.10 Å². The van der Waals surface area contributed by atoms with Crippen molar-refractivity contribution in [1.29, 1.82) is 0 Å². The van der Waals surface area contributed by atoms with E-state index in [2.05, 4.69) is 14.7 Å². The number of rotatable bonds is 5. The first-order valence-electron chi connectivity index (χ1n) is 14.1. The first kappa shape index (κ1) is 31.6. The highest BCUT2D eigenvalue weighted by Gasteiger charge is 2.42. The summed E-state index contributed by atoms with van der Waals surface area (Å²) in [4.78, 5) is 40.8. The minimum absolute atomic E-state index is 0.0625. The molecule has 2 saturated heterocycles. The number of anilines is 1. The van der Waals surface area contributed by atoms with Gasteiger partial charge in [0.2, 0.25) is 5.91 Å². The molecule has 3 heterocycles. The van der Waals surface area contributed by atoms with E-state index in [1.807, 2.05) is 29.0 Å². The SMILES string of the molecule is CN1CCN(C(=O)[C@@H]2CN(c3ccc(=O)n(C)n3)C[C@H]2c2ccc(F)cc2F)CCCC1c1ccc(O)cc1.COC=O. The summed E-state index contributed by atoms with van der Waals surface area (Å²) in [7, 11) is 4.90. The number of methoxy groups -OCH3 is 1. The summed E-state index contributed by atoms with van der Waals surface area (Å²) in [6.45, 7) is 2.77. The molecule has 3 atom stereocenters. The molecule has 2 fully saturated rings. The molecule has 0 spiro atoms. The molecule has 2 aromatic carbocycles. The number of ether oxygens (including phenoxy) is 1. The zero-order chi connectivity index (χ0) is 31.1. The molecule has 1 amide bonds. The molecule has 0 bridgehead atoms. The molecular weight excluding hydrogens is 560 g/mol. The first-order valence-corrected chi connectivity index (χ1v) is 14.1. The van der Waals surface area contributed by atoms with Gasteiger partial charge in [-0.25, -0.2) is 13.5 Å². The third kappa shape index (κ3) is 7.56. The summed E-state index contributed by atoms with van der Waals surface area (Å²) < 4.78 is 33.8. The van der Waals surface area contributed by atoms with Crippen LogP contribution in [-0.4, -0.2) is 83.9 Å². The molecule has 43 heavy (non-hydrogen) atoms. The van der Waals surface area contributed by atoms with Crippen LogP contribution in [0.15, 0.2) is 59.4 Å². The number of phenolic OH excluding ortho intramolecular Hbond substituents is 1. The van der Waals surface area contributed by atoms with E-state index in [4.69, 9.17) is 4.79 Å². The minimum atomic E-state index is -0.669. The number of likely N-dealkylation sites (N-methyl/N-ethyl adjacent to an activating group) is 1. The Bertz CT molecular complexity index is 1470. The van der Waals surface area contributed by atoms with Crippen molar-refractivity contribution in [1.82, 2.24) is 19.6 Å². The van der Waals surface area contributed by atoms with Crippen LogP contribution in [-0.2, 0) is 21.4 Å². The largest absolute Gasteiger partial charge is 0.508 e. The predicted octanol–water partition coefficient (Wildman–Crippen LogP) is 3.07. The average Bonchev–Trinajstić information content (AvgIpc) is 3.42. The highest BCUT2D eigenvalue weighted by atomic mass is 19.1. The lowest BCUT2D eigenvalue weighted by atomic mass is 9.87. The normalized spacial score (nSPS) is 20.9. The van der Waals surface area contributed by atoms with E-state index in [1.54, 1.807) is 25.2 Å². The summed E-state index contributed by atoms with van der Waals surface area (Å²) in [6.07, 6.45) is 1.63. The van der Waals surface area contributed by atoms with Crippen LogP contribution >= 0.6 is 0 Å². The molecule has 12 heteroatoms. The molecule has 1 aromatic heterocycles. The van der Waals surface area contributed by atoms with E-state index in [0.29, 0.717) is 50.6 Å². The molecule has 1 unspecified atom stereocenters. The fourth-order valence-electron chi connectivity index (χ4n) is 5.83. The third-order valence-corrected chi connectivity index (χ3v) is 8.12. The topological polar surface area (TPSA) is 108 Å². The molecule has 10 nitrogen and oxygen atoms in total. The Hall–Kier alpha value is -4.32. The van der Waals surface area contributed by atoms with Crippen LogP contribution in [0.3, 0.4) is 0 Å². The second-order valence-electron chi connectivity index (χ2n) is 10.8. The second-order valence-corrected chi connectivity index (χ2v) is 10.8. The number of carbonyl (C=O) groups is 2. The van der Waals surface area contributed by atoms with Gasteiger partial charge in [-0.1, -0.05) is 18.2 Å². The molecule has 3 aromatic rings. The number of aryl methyl sites for hydroxylation is 1. The number of carbonyl (C=O) groups excluding carboxylic acids is 2. The lowest BCUT2D eigenvalue weighted by molar-refractivity contribution is -0.136. The van der Waals surface area contributed by atoms with Gasteiger partial charge < -0.3 is 19.6 Å². The second kappa shape index (κ2) is 14.2. The van der Waals surface area contributed by atoms with E-state index in [1.165, 1.54) is 30.0 Å². The van der Waals surface area contributed by atoms with Crippen molar-refractivity contribution in [2.45, 2.75) is 24.8 Å². The fraction of sp³-hybridized carbons (Fsp3) is 0.419. The van der Waals surface area contributed by atoms with E-state index in [-0.39, 0.29) is 23.3 Å². The van der Waals surface area contributed by atoms with E-state index in [0.717, 1.165) is 24.5 Å². The maximum absolute atomic E-state index is 15.0. The van der Waals surface area contributed by atoms with Crippen LogP contribution in [0, 0.1) is 17.6 Å². The van der Waals surface area contributed by atoms with Gasteiger partial charge in [0.05, 0.1) is 13.0 Å². The van der Waals surface area contributed by atoms with Gasteiger partial charge in [-0.3, -0.25) is 19.3 Å². The maximum Gasteiger partial charge on any atom is 0.292 e. The smallest absolute Gasteiger partial charge is 0.292 e. The Labute approximate surface area is 249 Å². The summed E-state index contributed by atoms with van der Waals surface area (Å²) in [5.74, 6) is -1.68. The monoisotopic (exact) mass is 597 g/mol. The number of hydrogen-bond acceptors (Lipinski definition) is 8. The zero-order valence-corrected chi connectivity index (χ0v) is 24.5. The summed E-state index contributed by atoms with van der Waals surface area (Å²) in [5.41, 5.74) is 1.18. The van der Waals surface area contributed by atoms with Crippen molar-refractivity contribution >= 4 is 18.2 Å². The number of nitrogens with zero attached hydrogens (tertiary/aromatic N) is 5. The Morgan fingerprint density at radius 3 is 2.40 bits per heavy atom. The fourth-order valence-corrected chi connectivity index (χ4v) is 5.83. The predicted molar refractivity (Wildman–Crippen MR) is 157 cm³/mol. The average molecular weight is 598 g/mol. The van der Waals surface area contributed by atoms with Gasteiger partial charge in [-0.05, 0) is 55.3 Å². The number of benzene rings is 2. The summed E-state index contributed by atoms with van der Waals surface area (Å²) in [5, 5.41) is 14.0. The molecule has 2 aliphatic rings. The highest BCUT2D eigenvalue weighted by Crippen LogP contribution is 2.38. The van der Waals surface area contributed by atoms with Gasteiger partial charge in [0.15, 0.2) is 0 Å². The van der Waals surface area contributed by atoms with Gasteiger partial charge in [-0.15, -0.1) is 0 Å². The molecule has 1 N–H and O–H groups in total. The minimum Gasteiger partial charge on any atom is -0.508 e. The maximum atomic E-state index is 15.0. The van der Waals surface area contributed by atoms with E-state index in [9.17, 15) is 23.5 Å². The lowest BCUT2D eigenvalue weighted by Crippen LogP contribution is -2.45. The van der Waals surface area contributed by atoms with Crippen LogP contribution in [0.25, 0.3) is 0 Å². The van der Waals surface area contributed by atoms with Gasteiger partial charge in [0, 0.05) is 63.9 Å². The molecule has 2 aliphatic heterocycles. The van der Waals surface area contributed by atoms with Crippen molar-refractivity contribution in [2.24, 2.45) is 13.0 Å². The van der Waals surface area contributed by atoms with Gasteiger partial charge in [0.25, 0.3) is 12.0 Å². The quantitative estimate of drug-likeness (QED) is 0.448. The van der Waals surface area contributed by atoms with E-state index < -0.39 is 23.5 Å². The Balaban J connectivity index is 0.000000996. The summed E-state index contributed by atoms with van der Waals surface area (Å²) in [6, 6.07) is 14.0. The van der Waals surface area contributed by atoms with Gasteiger partial charge >= 0.3 is 0 Å². The molecule has 0 radical (unpaired) electrons. The van der Waals surface area contributed by atoms with Gasteiger partial charge in [0.1, 0.15) is 23.2 Å². The molecule has 230 valence electrons. The number of aromatic hydroxyl groups is 1. The third-order valence-electron chi connectivity index (χ3n) is 8.12. The molecule has 0 aliphatic carbocycles. The van der Waals surface area contributed by atoms with Crippen molar-refractivity contribution in [3.05, 3.63) is 87.7 Å². The van der Waals surface area contributed by atoms with Crippen molar-refractivity contribution in [3.8, 4) is 5.75 Å². The van der Waals surface area contributed by atoms with Crippen LogP contribution in [0.1, 0.15) is 35.9 Å². The molecular formula is C31H37F2N5O5.